The minimum Gasteiger partial charge on any atom is -0.497 e. The Kier molecular flexibility index (Phi) is 4.71. The summed E-state index contributed by atoms with van der Waals surface area (Å²) in [6, 6.07) is 11.8. The third-order valence-electron chi connectivity index (χ3n) is 4.17. The summed E-state index contributed by atoms with van der Waals surface area (Å²) in [6.07, 6.45) is 3.85. The lowest BCUT2D eigenvalue weighted by Gasteiger charge is -2.12. The van der Waals surface area contributed by atoms with Gasteiger partial charge in [-0.25, -0.2) is 0 Å². The van der Waals surface area contributed by atoms with E-state index in [1.807, 2.05) is 67.5 Å². The van der Waals surface area contributed by atoms with Crippen molar-refractivity contribution in [3.8, 4) is 5.75 Å². The second-order valence-electron chi connectivity index (χ2n) is 6.22. The number of hydrogen-bond donors (Lipinski definition) is 0. The molecule has 0 amide bonds. The molecule has 3 rings (SSSR count). The van der Waals surface area contributed by atoms with Crippen LogP contribution in [-0.2, 0) is 13.1 Å². The van der Waals surface area contributed by atoms with Crippen LogP contribution in [0.25, 0.3) is 10.9 Å². The van der Waals surface area contributed by atoms with E-state index in [0.29, 0.717) is 6.54 Å². The molecule has 0 unspecified atom stereocenters. The van der Waals surface area contributed by atoms with E-state index in [1.165, 1.54) is 0 Å². The predicted molar refractivity (Wildman–Crippen MR) is 96.8 cm³/mol. The molecule has 5 nitrogen and oxygen atoms in total. The molecule has 0 saturated carbocycles. The highest BCUT2D eigenvalue weighted by atomic mass is 16.5. The van der Waals surface area contributed by atoms with E-state index in [9.17, 15) is 4.79 Å². The quantitative estimate of drug-likeness (QED) is 0.699. The van der Waals surface area contributed by atoms with Gasteiger partial charge in [0.15, 0.2) is 0 Å². The van der Waals surface area contributed by atoms with Crippen LogP contribution in [-0.4, -0.2) is 41.8 Å². The van der Waals surface area contributed by atoms with Gasteiger partial charge in [-0.15, -0.1) is 0 Å². The van der Waals surface area contributed by atoms with Crippen LogP contribution in [0.5, 0.6) is 5.75 Å². The molecule has 0 aliphatic rings. The molecule has 1 aromatic carbocycles. The molecule has 0 radical (unpaired) electrons. The number of methoxy groups -OCH3 is 1. The molecule has 0 fully saturated rings. The number of pyridine rings is 1. The third-order valence-corrected chi connectivity index (χ3v) is 4.17. The number of likely N-dealkylation sites (N-methyl/N-ethyl adjacent to an activating group) is 1. The van der Waals surface area contributed by atoms with Crippen LogP contribution in [0, 0.1) is 0 Å². The molecule has 0 N–H and O–H groups in total. The van der Waals surface area contributed by atoms with Gasteiger partial charge in [0.25, 0.3) is 5.56 Å². The summed E-state index contributed by atoms with van der Waals surface area (Å²) in [5.74, 6) is 0.802. The highest BCUT2D eigenvalue weighted by molar-refractivity contribution is 5.78. The van der Waals surface area contributed by atoms with Gasteiger partial charge >= 0.3 is 0 Å². The van der Waals surface area contributed by atoms with E-state index in [4.69, 9.17) is 4.74 Å². The molecule has 24 heavy (non-hydrogen) atoms. The molecule has 0 atom stereocenters. The molecule has 2 heterocycles. The number of nitrogens with zero attached hydrogens (tertiary/aromatic N) is 3. The maximum Gasteiger partial charge on any atom is 0.275 e. The van der Waals surface area contributed by atoms with Crippen molar-refractivity contribution in [1.82, 2.24) is 14.0 Å². The van der Waals surface area contributed by atoms with Gasteiger partial charge < -0.3 is 18.8 Å². The van der Waals surface area contributed by atoms with Crippen molar-refractivity contribution in [2.45, 2.75) is 13.1 Å². The molecule has 0 aliphatic heterocycles. The molecular weight excluding hydrogens is 302 g/mol. The van der Waals surface area contributed by atoms with E-state index in [-0.39, 0.29) is 5.56 Å². The average molecular weight is 325 g/mol. The molecule has 0 bridgehead atoms. The van der Waals surface area contributed by atoms with E-state index >= 15 is 0 Å². The topological polar surface area (TPSA) is 39.4 Å². The summed E-state index contributed by atoms with van der Waals surface area (Å²) in [5.41, 5.74) is 1.85. The van der Waals surface area contributed by atoms with Crippen LogP contribution >= 0.6 is 0 Å². The summed E-state index contributed by atoms with van der Waals surface area (Å²) in [5, 5.41) is 0.987. The van der Waals surface area contributed by atoms with Crippen molar-refractivity contribution in [2.24, 2.45) is 0 Å². The SMILES string of the molecule is COc1cccc(Cn2ccc3ccn(CCN(C)C)c3c2=O)c1. The first kappa shape index (κ1) is 16.3. The molecule has 0 aliphatic carbocycles. The Morgan fingerprint density at radius 2 is 1.83 bits per heavy atom. The van der Waals surface area contributed by atoms with Crippen molar-refractivity contribution in [1.29, 1.82) is 0 Å². The maximum atomic E-state index is 12.9. The first-order valence-electron chi connectivity index (χ1n) is 8.04. The van der Waals surface area contributed by atoms with Crippen molar-refractivity contribution >= 4 is 10.9 Å². The molecule has 3 aromatic rings. The molecular formula is C19H23N3O2. The van der Waals surface area contributed by atoms with E-state index in [2.05, 4.69) is 4.90 Å². The first-order valence-corrected chi connectivity index (χ1v) is 8.04. The Morgan fingerprint density at radius 3 is 2.54 bits per heavy atom. The Hall–Kier alpha value is -2.53. The van der Waals surface area contributed by atoms with Gasteiger partial charge in [0, 0.05) is 30.9 Å². The largest absolute Gasteiger partial charge is 0.497 e. The van der Waals surface area contributed by atoms with Gasteiger partial charge in [-0.1, -0.05) is 12.1 Å². The summed E-state index contributed by atoms with van der Waals surface area (Å²) in [7, 11) is 5.72. The van der Waals surface area contributed by atoms with Gasteiger partial charge in [0.2, 0.25) is 0 Å². The fourth-order valence-corrected chi connectivity index (χ4v) is 2.83. The summed E-state index contributed by atoms with van der Waals surface area (Å²) in [6.45, 7) is 2.23. The average Bonchev–Trinajstić information content (AvgIpc) is 2.99. The lowest BCUT2D eigenvalue weighted by molar-refractivity contribution is 0.386. The highest BCUT2D eigenvalue weighted by Gasteiger charge is 2.09. The van der Waals surface area contributed by atoms with Crippen molar-refractivity contribution < 1.29 is 4.74 Å². The molecule has 0 spiro atoms. The van der Waals surface area contributed by atoms with E-state index < -0.39 is 0 Å². The van der Waals surface area contributed by atoms with Crippen LogP contribution in [0.15, 0.2) is 53.6 Å². The standard InChI is InChI=1S/C19H23N3O2/c1-20(2)11-12-21-9-7-16-8-10-22(19(23)18(16)21)14-15-5-4-6-17(13-15)24-3/h4-10,13H,11-12,14H2,1-3H3. The lowest BCUT2D eigenvalue weighted by Crippen LogP contribution is -2.24. The number of benzene rings is 1. The van der Waals surface area contributed by atoms with Crippen molar-refractivity contribution in [3.63, 3.8) is 0 Å². The third kappa shape index (κ3) is 3.36. The fourth-order valence-electron chi connectivity index (χ4n) is 2.83. The molecule has 5 heteroatoms. The fraction of sp³-hybridized carbons (Fsp3) is 0.316. The zero-order valence-corrected chi connectivity index (χ0v) is 14.4. The van der Waals surface area contributed by atoms with Gasteiger partial charge in [-0.2, -0.15) is 0 Å². The normalized spacial score (nSPS) is 11.3. The van der Waals surface area contributed by atoms with Crippen LogP contribution in [0.2, 0.25) is 0 Å². The smallest absolute Gasteiger partial charge is 0.275 e. The first-order chi connectivity index (χ1) is 11.6. The van der Waals surface area contributed by atoms with Crippen LogP contribution in [0.4, 0.5) is 0 Å². The second kappa shape index (κ2) is 6.93. The second-order valence-corrected chi connectivity index (χ2v) is 6.22. The van der Waals surface area contributed by atoms with Crippen molar-refractivity contribution in [2.75, 3.05) is 27.7 Å². The number of hydrogen-bond acceptors (Lipinski definition) is 3. The Balaban J connectivity index is 1.95. The van der Waals surface area contributed by atoms with E-state index in [1.54, 1.807) is 11.7 Å². The molecule has 2 aromatic heterocycles. The maximum absolute atomic E-state index is 12.9. The predicted octanol–water partition coefficient (Wildman–Crippen LogP) is 2.42. The number of rotatable bonds is 6. The van der Waals surface area contributed by atoms with Gasteiger partial charge in [-0.3, -0.25) is 4.79 Å². The number of aromatic nitrogens is 2. The summed E-state index contributed by atoms with van der Waals surface area (Å²) >= 11 is 0. The minimum absolute atomic E-state index is 0.0408. The Morgan fingerprint density at radius 1 is 1.08 bits per heavy atom. The van der Waals surface area contributed by atoms with Crippen LogP contribution in [0.3, 0.4) is 0 Å². The molecule has 126 valence electrons. The highest BCUT2D eigenvalue weighted by Crippen LogP contribution is 2.15. The van der Waals surface area contributed by atoms with Gasteiger partial charge in [0.05, 0.1) is 13.7 Å². The van der Waals surface area contributed by atoms with Gasteiger partial charge in [-0.05, 0) is 43.9 Å². The lowest BCUT2D eigenvalue weighted by atomic mass is 10.2. The monoisotopic (exact) mass is 325 g/mol. The van der Waals surface area contributed by atoms with Crippen LogP contribution < -0.4 is 10.3 Å². The van der Waals surface area contributed by atoms with E-state index in [0.717, 1.165) is 35.3 Å². The zero-order chi connectivity index (χ0) is 17.1. The number of ether oxygens (including phenoxy) is 1. The summed E-state index contributed by atoms with van der Waals surface area (Å²) < 4.78 is 9.05. The number of fused-ring (bicyclic) bond motifs is 1. The van der Waals surface area contributed by atoms with Gasteiger partial charge in [0.1, 0.15) is 11.3 Å². The minimum atomic E-state index is 0.0408. The molecule has 0 saturated heterocycles. The van der Waals surface area contributed by atoms with Crippen molar-refractivity contribution in [3.05, 3.63) is 64.7 Å². The Bertz CT molecular complexity index is 893. The Labute approximate surface area is 141 Å². The summed E-state index contributed by atoms with van der Waals surface area (Å²) in [4.78, 5) is 15.0. The zero-order valence-electron chi connectivity index (χ0n) is 14.4. The van der Waals surface area contributed by atoms with Crippen LogP contribution in [0.1, 0.15) is 5.56 Å².